The van der Waals surface area contributed by atoms with Gasteiger partial charge in [-0.1, -0.05) is 13.8 Å². The first-order chi connectivity index (χ1) is 4.81. The van der Waals surface area contributed by atoms with E-state index in [2.05, 4.69) is 9.47 Å². The van der Waals surface area contributed by atoms with Gasteiger partial charge in [-0.2, -0.15) is 0 Å². The second kappa shape index (κ2) is 6.39. The molecule has 0 aromatic carbocycles. The second-order valence-electron chi connectivity index (χ2n) is 1.79. The van der Waals surface area contributed by atoms with E-state index in [1.54, 1.807) is 0 Å². The molecule has 0 spiro atoms. The summed E-state index contributed by atoms with van der Waals surface area (Å²) >= 11 is 0. The Balaban J connectivity index is 3.09. The number of rotatable bonds is 4. The zero-order valence-electron chi connectivity index (χ0n) is 6.42. The number of hydrogen-bond donors (Lipinski definition) is 0. The molecule has 0 heterocycles. The molecule has 0 bridgehead atoms. The molecule has 10 heavy (non-hydrogen) atoms. The number of hydrogen-bond acceptors (Lipinski definition) is 3. The Hall–Kier alpha value is -0.730. The molecule has 0 aromatic heterocycles. The number of carbonyl (C=O) groups is 1. The highest BCUT2D eigenvalue weighted by atomic mass is 16.7. The smallest absolute Gasteiger partial charge is 0.434 e. The minimum atomic E-state index is -0.608. The van der Waals surface area contributed by atoms with Gasteiger partial charge in [-0.3, -0.25) is 0 Å². The fourth-order valence-electron chi connectivity index (χ4n) is 0.371. The fourth-order valence-corrected chi connectivity index (χ4v) is 0.371. The van der Waals surface area contributed by atoms with Gasteiger partial charge in [0.05, 0.1) is 6.61 Å². The first-order valence-corrected chi connectivity index (χ1v) is 3.46. The minimum absolute atomic E-state index is 0.427. The molecule has 3 heteroatoms. The summed E-state index contributed by atoms with van der Waals surface area (Å²) in [7, 11) is 0. The van der Waals surface area contributed by atoms with Crippen molar-refractivity contribution < 1.29 is 14.3 Å². The van der Waals surface area contributed by atoms with Gasteiger partial charge in [0.2, 0.25) is 0 Å². The van der Waals surface area contributed by atoms with Crippen molar-refractivity contribution in [2.45, 2.75) is 26.7 Å². The Kier molecular flexibility index (Phi) is 5.92. The van der Waals surface area contributed by atoms with Gasteiger partial charge in [-0.15, -0.1) is 0 Å². The third-order valence-corrected chi connectivity index (χ3v) is 0.770. The molecule has 0 aromatic rings. The number of carbonyl (C=O) groups excluding carboxylic acids is 1. The SMILES string of the molecule is CC[CH]OC(=O)OCCC. The summed E-state index contributed by atoms with van der Waals surface area (Å²) in [5.74, 6) is 0. The van der Waals surface area contributed by atoms with Crippen molar-refractivity contribution in [2.24, 2.45) is 0 Å². The van der Waals surface area contributed by atoms with Gasteiger partial charge in [-0.05, 0) is 12.8 Å². The van der Waals surface area contributed by atoms with E-state index in [1.807, 2.05) is 13.8 Å². The van der Waals surface area contributed by atoms with E-state index < -0.39 is 6.16 Å². The van der Waals surface area contributed by atoms with Crippen LogP contribution < -0.4 is 0 Å². The molecule has 0 amide bonds. The van der Waals surface area contributed by atoms with Gasteiger partial charge < -0.3 is 9.47 Å². The van der Waals surface area contributed by atoms with Crippen LogP contribution in [0.25, 0.3) is 0 Å². The molecule has 0 saturated heterocycles. The van der Waals surface area contributed by atoms with Crippen LogP contribution in [0, 0.1) is 6.61 Å². The van der Waals surface area contributed by atoms with Gasteiger partial charge in [0.25, 0.3) is 0 Å². The van der Waals surface area contributed by atoms with Crippen LogP contribution in [0.1, 0.15) is 26.7 Å². The normalized spacial score (nSPS) is 9.00. The van der Waals surface area contributed by atoms with Crippen molar-refractivity contribution in [1.29, 1.82) is 0 Å². The molecular formula is C7H13O3. The van der Waals surface area contributed by atoms with Crippen molar-refractivity contribution in [3.8, 4) is 0 Å². The summed E-state index contributed by atoms with van der Waals surface area (Å²) in [6.07, 6.45) is 0.923. The summed E-state index contributed by atoms with van der Waals surface area (Å²) in [5, 5.41) is 0. The van der Waals surface area contributed by atoms with Crippen LogP contribution in [-0.2, 0) is 9.47 Å². The lowest BCUT2D eigenvalue weighted by atomic mass is 10.5. The minimum Gasteiger partial charge on any atom is -0.434 e. The van der Waals surface area contributed by atoms with Gasteiger partial charge in [-0.25, -0.2) is 4.79 Å². The van der Waals surface area contributed by atoms with Crippen LogP contribution in [0.5, 0.6) is 0 Å². The van der Waals surface area contributed by atoms with Gasteiger partial charge >= 0.3 is 6.16 Å². The van der Waals surface area contributed by atoms with E-state index >= 15 is 0 Å². The maximum atomic E-state index is 10.5. The Bertz CT molecular complexity index is 80.9. The molecule has 0 atom stereocenters. The quantitative estimate of drug-likeness (QED) is 0.568. The van der Waals surface area contributed by atoms with Gasteiger partial charge in [0.15, 0.2) is 0 Å². The Morgan fingerprint density at radius 2 is 2.20 bits per heavy atom. The van der Waals surface area contributed by atoms with Crippen LogP contribution in [0.3, 0.4) is 0 Å². The predicted molar refractivity (Wildman–Crippen MR) is 37.3 cm³/mol. The lowest BCUT2D eigenvalue weighted by molar-refractivity contribution is 0.0728. The van der Waals surface area contributed by atoms with Crippen molar-refractivity contribution in [3.05, 3.63) is 6.61 Å². The van der Waals surface area contributed by atoms with Crippen molar-refractivity contribution in [2.75, 3.05) is 6.61 Å². The van der Waals surface area contributed by atoms with Crippen LogP contribution >= 0.6 is 0 Å². The second-order valence-corrected chi connectivity index (χ2v) is 1.79. The van der Waals surface area contributed by atoms with Crippen molar-refractivity contribution in [1.82, 2.24) is 0 Å². The van der Waals surface area contributed by atoms with E-state index in [4.69, 9.17) is 0 Å². The molecule has 0 saturated carbocycles. The van der Waals surface area contributed by atoms with Gasteiger partial charge in [0, 0.05) is 0 Å². The summed E-state index contributed by atoms with van der Waals surface area (Å²) in [6.45, 7) is 5.65. The molecule has 0 aliphatic rings. The summed E-state index contributed by atoms with van der Waals surface area (Å²) in [5.41, 5.74) is 0. The third-order valence-electron chi connectivity index (χ3n) is 0.770. The van der Waals surface area contributed by atoms with Crippen molar-refractivity contribution in [3.63, 3.8) is 0 Å². The van der Waals surface area contributed by atoms with Crippen LogP contribution in [0.4, 0.5) is 4.79 Å². The Labute approximate surface area is 61.3 Å². The lowest BCUT2D eigenvalue weighted by Gasteiger charge is -2.01. The average molecular weight is 145 g/mol. The molecule has 3 nitrogen and oxygen atoms in total. The molecule has 0 fully saturated rings. The Morgan fingerprint density at radius 1 is 1.50 bits per heavy atom. The fraction of sp³-hybridized carbons (Fsp3) is 0.714. The van der Waals surface area contributed by atoms with E-state index in [0.717, 1.165) is 6.42 Å². The first-order valence-electron chi connectivity index (χ1n) is 3.46. The van der Waals surface area contributed by atoms with E-state index in [0.29, 0.717) is 13.0 Å². The number of ether oxygens (including phenoxy) is 2. The highest BCUT2D eigenvalue weighted by molar-refractivity contribution is 5.60. The van der Waals surface area contributed by atoms with E-state index in [-0.39, 0.29) is 0 Å². The highest BCUT2D eigenvalue weighted by Gasteiger charge is 1.99. The monoisotopic (exact) mass is 145 g/mol. The average Bonchev–Trinajstić information content (AvgIpc) is 1.97. The molecule has 0 aliphatic heterocycles. The Morgan fingerprint density at radius 3 is 2.70 bits per heavy atom. The highest BCUT2D eigenvalue weighted by Crippen LogP contribution is 1.92. The third kappa shape index (κ3) is 5.41. The summed E-state index contributed by atoms with van der Waals surface area (Å²) in [4.78, 5) is 10.5. The van der Waals surface area contributed by atoms with Crippen molar-refractivity contribution >= 4 is 6.16 Å². The van der Waals surface area contributed by atoms with E-state index in [9.17, 15) is 4.79 Å². The molecule has 0 rings (SSSR count). The zero-order valence-corrected chi connectivity index (χ0v) is 6.42. The summed E-state index contributed by atoms with van der Waals surface area (Å²) in [6, 6.07) is 0. The van der Waals surface area contributed by atoms with Gasteiger partial charge in [0.1, 0.15) is 6.61 Å². The maximum Gasteiger partial charge on any atom is 0.508 e. The standard InChI is InChI=1S/C7H13O3/c1-3-5-9-7(8)10-6-4-2/h5H,3-4,6H2,1-2H3. The largest absolute Gasteiger partial charge is 0.508 e. The first kappa shape index (κ1) is 9.27. The van der Waals surface area contributed by atoms with Crippen LogP contribution in [0.2, 0.25) is 0 Å². The molecule has 0 unspecified atom stereocenters. The predicted octanol–water partition coefficient (Wildman–Crippen LogP) is 2.12. The molecule has 0 aliphatic carbocycles. The lowest BCUT2D eigenvalue weighted by Crippen LogP contribution is -2.05. The topological polar surface area (TPSA) is 35.5 Å². The molecule has 1 radical (unpaired) electrons. The molecular weight excluding hydrogens is 132 g/mol. The van der Waals surface area contributed by atoms with Crippen LogP contribution in [0.15, 0.2) is 0 Å². The van der Waals surface area contributed by atoms with E-state index in [1.165, 1.54) is 6.61 Å². The molecule has 0 N–H and O–H groups in total. The zero-order chi connectivity index (χ0) is 7.82. The molecule has 59 valence electrons. The maximum absolute atomic E-state index is 10.5. The van der Waals surface area contributed by atoms with Crippen LogP contribution in [-0.4, -0.2) is 12.8 Å². The summed E-state index contributed by atoms with van der Waals surface area (Å²) < 4.78 is 9.11.